The van der Waals surface area contributed by atoms with Crippen LogP contribution in [0, 0.1) is 5.92 Å². The third-order valence-corrected chi connectivity index (χ3v) is 7.39. The first-order valence-corrected chi connectivity index (χ1v) is 12.4. The van der Waals surface area contributed by atoms with Crippen molar-refractivity contribution in [1.82, 2.24) is 0 Å². The number of Topliss-reactive ketones (excluding diaryl/α,β-unsaturated/α-hetero) is 1. The van der Waals surface area contributed by atoms with Crippen LogP contribution < -0.4 is 5.32 Å². The molecule has 1 aliphatic heterocycles. The predicted octanol–water partition coefficient (Wildman–Crippen LogP) is 7.08. The van der Waals surface area contributed by atoms with E-state index in [-0.39, 0.29) is 24.3 Å². The first-order valence-electron chi connectivity index (χ1n) is 10.8. The minimum absolute atomic E-state index is 0.201. The molecule has 6 heteroatoms. The Morgan fingerprint density at radius 2 is 1.58 bits per heavy atom. The fourth-order valence-electron chi connectivity index (χ4n) is 4.66. The molecular weight excluding hydrogens is 546 g/mol. The highest BCUT2D eigenvalue weighted by atomic mass is 79.9. The van der Waals surface area contributed by atoms with Gasteiger partial charge in [-0.15, -0.1) is 0 Å². The van der Waals surface area contributed by atoms with Crippen molar-refractivity contribution in [2.45, 2.75) is 18.4 Å². The molecule has 3 aromatic carbocycles. The maximum absolute atomic E-state index is 12.7. The van der Waals surface area contributed by atoms with E-state index in [2.05, 4.69) is 73.6 Å². The molecule has 3 unspecified atom stereocenters. The lowest BCUT2D eigenvalue weighted by Crippen LogP contribution is -2.29. The first kappa shape index (κ1) is 22.1. The molecule has 0 amide bonds. The Morgan fingerprint density at radius 1 is 0.909 bits per heavy atom. The average molecular weight is 567 g/mol. The van der Waals surface area contributed by atoms with Gasteiger partial charge in [0.1, 0.15) is 0 Å². The second-order valence-electron chi connectivity index (χ2n) is 8.34. The number of esters is 1. The number of benzene rings is 3. The Morgan fingerprint density at radius 3 is 2.30 bits per heavy atom. The number of carbonyl (C=O) groups is 2. The molecular formula is C27H21Br2NO3. The molecule has 2 aliphatic rings. The van der Waals surface area contributed by atoms with Crippen molar-refractivity contribution in [2.24, 2.45) is 5.92 Å². The largest absolute Gasteiger partial charge is 0.454 e. The van der Waals surface area contributed by atoms with Gasteiger partial charge in [0, 0.05) is 26.1 Å². The number of ketones is 1. The van der Waals surface area contributed by atoms with Crippen LogP contribution in [0.3, 0.4) is 0 Å². The highest BCUT2D eigenvalue weighted by Gasteiger charge is 2.38. The first-order chi connectivity index (χ1) is 16.0. The van der Waals surface area contributed by atoms with Gasteiger partial charge < -0.3 is 10.1 Å². The summed E-state index contributed by atoms with van der Waals surface area (Å²) in [5.41, 5.74) is 4.34. The van der Waals surface area contributed by atoms with E-state index in [4.69, 9.17) is 4.74 Å². The molecule has 0 fully saturated rings. The van der Waals surface area contributed by atoms with Crippen LogP contribution in [0.1, 0.15) is 50.2 Å². The van der Waals surface area contributed by atoms with Crippen molar-refractivity contribution in [3.05, 3.63) is 110 Å². The standard InChI is InChI=1S/C27H21Br2NO3/c28-19-9-4-16(5-10-19)25(31)15-33-27(32)18-8-13-24-23(14-18)21-2-1-3-22(21)26(30-24)17-6-11-20(29)12-7-17/h1-2,4-14,21-22,26,30H,3,15H2. The molecule has 1 N–H and O–H groups in total. The van der Waals surface area contributed by atoms with Crippen LogP contribution in [0.4, 0.5) is 5.69 Å². The van der Waals surface area contributed by atoms with Gasteiger partial charge in [-0.25, -0.2) is 4.79 Å². The molecule has 3 aromatic rings. The fourth-order valence-corrected chi connectivity index (χ4v) is 5.18. The molecule has 3 atom stereocenters. The summed E-state index contributed by atoms with van der Waals surface area (Å²) in [6.07, 6.45) is 5.44. The fraction of sp³-hybridized carbons (Fsp3) is 0.185. The Labute approximate surface area is 209 Å². The number of hydrogen-bond donors (Lipinski definition) is 1. The quantitative estimate of drug-likeness (QED) is 0.204. The summed E-state index contributed by atoms with van der Waals surface area (Å²) >= 11 is 6.86. The van der Waals surface area contributed by atoms with Crippen LogP contribution in [-0.2, 0) is 4.74 Å². The molecule has 33 heavy (non-hydrogen) atoms. The maximum Gasteiger partial charge on any atom is 0.338 e. The molecule has 0 saturated carbocycles. The number of halogens is 2. The molecule has 0 aromatic heterocycles. The number of carbonyl (C=O) groups excluding carboxylic acids is 2. The van der Waals surface area contributed by atoms with E-state index in [0.29, 0.717) is 17.0 Å². The lowest BCUT2D eigenvalue weighted by molar-refractivity contribution is 0.0474. The molecule has 0 saturated heterocycles. The molecule has 0 radical (unpaired) electrons. The molecule has 0 bridgehead atoms. The number of anilines is 1. The Kier molecular flexibility index (Phi) is 6.21. The molecule has 4 nitrogen and oxygen atoms in total. The SMILES string of the molecule is O=C(COC(=O)c1ccc2c(c1)C1C=CCC1C(c1ccc(Br)cc1)N2)c1ccc(Br)cc1. The molecule has 0 spiro atoms. The highest BCUT2D eigenvalue weighted by molar-refractivity contribution is 9.10. The van der Waals surface area contributed by atoms with Gasteiger partial charge in [0.25, 0.3) is 0 Å². The van der Waals surface area contributed by atoms with E-state index in [1.54, 1.807) is 30.3 Å². The van der Waals surface area contributed by atoms with Gasteiger partial charge in [0.05, 0.1) is 11.6 Å². The van der Waals surface area contributed by atoms with E-state index >= 15 is 0 Å². The van der Waals surface area contributed by atoms with Crippen molar-refractivity contribution in [2.75, 3.05) is 11.9 Å². The second-order valence-corrected chi connectivity index (χ2v) is 10.2. The van der Waals surface area contributed by atoms with Crippen LogP contribution in [0.25, 0.3) is 0 Å². The summed E-state index contributed by atoms with van der Waals surface area (Å²) in [6.45, 7) is -0.284. The van der Waals surface area contributed by atoms with Crippen molar-refractivity contribution >= 4 is 49.3 Å². The monoisotopic (exact) mass is 565 g/mol. The summed E-state index contributed by atoms with van der Waals surface area (Å²) in [5.74, 6) is -0.112. The van der Waals surface area contributed by atoms with E-state index in [9.17, 15) is 9.59 Å². The molecule has 5 rings (SSSR count). The maximum atomic E-state index is 12.7. The van der Waals surface area contributed by atoms with Gasteiger partial charge in [-0.05, 0) is 65.9 Å². The zero-order chi connectivity index (χ0) is 22.9. The summed E-state index contributed by atoms with van der Waals surface area (Å²) in [6, 6.07) is 21.2. The minimum Gasteiger partial charge on any atom is -0.454 e. The van der Waals surface area contributed by atoms with E-state index in [1.807, 2.05) is 12.1 Å². The number of fused-ring (bicyclic) bond motifs is 3. The van der Waals surface area contributed by atoms with Crippen LogP contribution >= 0.6 is 31.9 Å². The van der Waals surface area contributed by atoms with Crippen LogP contribution in [0.2, 0.25) is 0 Å². The summed E-state index contributed by atoms with van der Waals surface area (Å²) in [5, 5.41) is 3.68. The van der Waals surface area contributed by atoms with Gasteiger partial charge in [-0.1, -0.05) is 68.3 Å². The third kappa shape index (κ3) is 4.55. The Balaban J connectivity index is 1.33. The number of allylic oxidation sites excluding steroid dienone is 2. The lowest BCUT2D eigenvalue weighted by Gasteiger charge is -2.37. The lowest BCUT2D eigenvalue weighted by atomic mass is 9.76. The topological polar surface area (TPSA) is 55.4 Å². The smallest absolute Gasteiger partial charge is 0.338 e. The molecule has 1 aliphatic carbocycles. The molecule has 1 heterocycles. The summed E-state index contributed by atoms with van der Waals surface area (Å²) in [7, 11) is 0. The number of nitrogens with one attached hydrogen (secondary N) is 1. The van der Waals surface area contributed by atoms with Crippen molar-refractivity contribution in [3.8, 4) is 0 Å². The zero-order valence-corrected chi connectivity index (χ0v) is 20.8. The van der Waals surface area contributed by atoms with Gasteiger partial charge >= 0.3 is 5.97 Å². The van der Waals surface area contributed by atoms with Crippen LogP contribution in [0.5, 0.6) is 0 Å². The Hall–Kier alpha value is -2.70. The zero-order valence-electron chi connectivity index (χ0n) is 17.6. The summed E-state index contributed by atoms with van der Waals surface area (Å²) in [4.78, 5) is 25.1. The van der Waals surface area contributed by atoms with E-state index in [0.717, 1.165) is 26.6 Å². The third-order valence-electron chi connectivity index (χ3n) is 6.33. The van der Waals surface area contributed by atoms with Crippen molar-refractivity contribution < 1.29 is 14.3 Å². The van der Waals surface area contributed by atoms with E-state index in [1.165, 1.54) is 5.56 Å². The van der Waals surface area contributed by atoms with Crippen LogP contribution in [0.15, 0.2) is 87.8 Å². The van der Waals surface area contributed by atoms with Gasteiger partial charge in [0.15, 0.2) is 12.4 Å². The average Bonchev–Trinajstić information content (AvgIpc) is 3.33. The minimum atomic E-state index is -0.489. The number of hydrogen-bond acceptors (Lipinski definition) is 4. The van der Waals surface area contributed by atoms with Gasteiger partial charge in [0.2, 0.25) is 0 Å². The normalized spacial score (nSPS) is 20.5. The molecule has 166 valence electrons. The van der Waals surface area contributed by atoms with E-state index < -0.39 is 5.97 Å². The number of rotatable bonds is 5. The van der Waals surface area contributed by atoms with Crippen LogP contribution in [-0.4, -0.2) is 18.4 Å². The van der Waals surface area contributed by atoms with Gasteiger partial charge in [-0.3, -0.25) is 4.79 Å². The van der Waals surface area contributed by atoms with Crippen molar-refractivity contribution in [1.29, 1.82) is 0 Å². The second kappa shape index (κ2) is 9.27. The van der Waals surface area contributed by atoms with Crippen molar-refractivity contribution in [3.63, 3.8) is 0 Å². The summed E-state index contributed by atoms with van der Waals surface area (Å²) < 4.78 is 7.29. The number of ether oxygens (including phenoxy) is 1. The Bertz CT molecular complexity index is 1240. The predicted molar refractivity (Wildman–Crippen MR) is 136 cm³/mol. The van der Waals surface area contributed by atoms with Gasteiger partial charge in [-0.2, -0.15) is 0 Å². The highest BCUT2D eigenvalue weighted by Crippen LogP contribution is 2.50.